The van der Waals surface area contributed by atoms with Crippen LogP contribution in [-0.2, 0) is 105 Å². The van der Waals surface area contributed by atoms with Crippen molar-refractivity contribution in [2.24, 2.45) is 47.0 Å². The number of carboxylic acids is 4. The van der Waals surface area contributed by atoms with Crippen molar-refractivity contribution < 1.29 is 131 Å². The number of nitrogens with zero attached hydrogens (tertiary/aromatic N) is 1. The molecule has 0 radical (unpaired) electrons. The molecular formula is C75H113N7O27S2. The van der Waals surface area contributed by atoms with Gasteiger partial charge in [0.25, 0.3) is 11.7 Å². The number of thioether (sulfide) groups is 2. The molecule has 2 bridgehead atoms. The maximum absolute atomic E-state index is 15.0. The molecule has 622 valence electrons. The maximum atomic E-state index is 15.0. The molecule has 0 aromatic carbocycles. The van der Waals surface area contributed by atoms with Crippen molar-refractivity contribution in [2.45, 2.75) is 230 Å². The van der Waals surface area contributed by atoms with Gasteiger partial charge >= 0.3 is 41.8 Å². The number of ether oxygens (including phenoxy) is 7. The van der Waals surface area contributed by atoms with Crippen LogP contribution in [0, 0.1) is 35.5 Å². The number of amides is 5. The molecule has 0 aromatic heterocycles. The van der Waals surface area contributed by atoms with E-state index in [0.29, 0.717) is 32.1 Å². The zero-order valence-electron chi connectivity index (χ0n) is 64.8. The zero-order valence-corrected chi connectivity index (χ0v) is 66.4. The van der Waals surface area contributed by atoms with Crippen molar-refractivity contribution in [1.82, 2.24) is 26.2 Å². The smallest absolute Gasteiger partial charge is 0.329 e. The molecule has 3 aliphatic heterocycles. The minimum Gasteiger partial charge on any atom is -0.480 e. The second-order valence-electron chi connectivity index (χ2n) is 29.0. The summed E-state index contributed by atoms with van der Waals surface area (Å²) in [6.07, 6.45) is 4.91. The van der Waals surface area contributed by atoms with E-state index in [0.717, 1.165) is 34.0 Å². The van der Waals surface area contributed by atoms with Gasteiger partial charge in [0, 0.05) is 82.8 Å². The standard InChI is InChI=1S/C75H113N7O27S2/c1-40-16-12-11-13-17-41(2)56(103-8)32-48-21-19-46(7)75(102,109-48)68(93)71(96)82-27-15-14-18-53(82)74(101)107-57(43(4)30-47-20-24-55(58(31-47)104-9)106-63(90)38-110-36-51(69(94)78-34-61(86)87)80-59(84)25-22-49(76)72(97)98)33-54(83)42(3)29-45(6)66(67(105-10)65(92)44(5)28-40)108-64(91)39-111-37-52(70(95)79-35-62(88)89)81-60(85)26-23-50(77)73(99)100/h11-13,16-17,29,40,42-44,46-53,55-58,66-67,102H,14-15,18-28,30-39,76-77H2,1-10H3,(H,78,94)(H,79,95)(H,80,84)(H,81,85)(H,86,87)(H,88,89)(H,97,98)(H,99,100)/b13-11?,16-12+,41-17?,45-29+/t40-,42-,43-,44-,46-,47+,48+,49+,50+,51+,52+,53+,55-,56+,57+,58-,66-,67+,75-/m1/s1. The summed E-state index contributed by atoms with van der Waals surface area (Å²) in [6, 6.07) is -6.93. The number of cyclic esters (lactones) is 1. The predicted octanol–water partition coefficient (Wildman–Crippen LogP) is 2.50. The molecule has 0 spiro atoms. The summed E-state index contributed by atoms with van der Waals surface area (Å²) in [5, 5.41) is 58.1. The van der Waals surface area contributed by atoms with Crippen molar-refractivity contribution in [2.75, 3.05) is 64.0 Å². The van der Waals surface area contributed by atoms with Gasteiger partial charge in [0.2, 0.25) is 29.4 Å². The predicted molar refractivity (Wildman–Crippen MR) is 402 cm³/mol. The lowest BCUT2D eigenvalue weighted by atomic mass is 9.78. The summed E-state index contributed by atoms with van der Waals surface area (Å²) in [7, 11) is 4.17. The second-order valence-corrected chi connectivity index (χ2v) is 31.0. The van der Waals surface area contributed by atoms with E-state index >= 15 is 9.59 Å². The number of esters is 3. The molecule has 5 amide bonds. The molecule has 111 heavy (non-hydrogen) atoms. The number of ketones is 3. The van der Waals surface area contributed by atoms with Gasteiger partial charge in [-0.15, -0.1) is 23.5 Å². The van der Waals surface area contributed by atoms with E-state index in [1.54, 1.807) is 39.0 Å². The molecule has 0 unspecified atom stereocenters. The topological polar surface area (TPSA) is 525 Å². The number of hydrogen-bond acceptors (Lipinski definition) is 27. The Balaban J connectivity index is 1.73. The molecule has 19 atom stereocenters. The number of aliphatic carboxylic acids is 4. The number of rotatable bonds is 32. The lowest BCUT2D eigenvalue weighted by molar-refractivity contribution is -0.265. The molecule has 34 nitrogen and oxygen atoms in total. The number of fused-ring (bicyclic) bond motifs is 3. The van der Waals surface area contributed by atoms with Crippen LogP contribution in [0.25, 0.3) is 0 Å². The first kappa shape index (κ1) is 95.4. The van der Waals surface area contributed by atoms with E-state index in [2.05, 4.69) is 21.3 Å². The highest BCUT2D eigenvalue weighted by Gasteiger charge is 2.53. The van der Waals surface area contributed by atoms with Gasteiger partial charge in [-0.3, -0.25) is 67.1 Å². The number of nitrogens with one attached hydrogen (secondary N) is 4. The molecule has 2 saturated heterocycles. The average Bonchev–Trinajstić information content (AvgIpc) is 0.774. The highest BCUT2D eigenvalue weighted by Crippen LogP contribution is 2.39. The van der Waals surface area contributed by atoms with Crippen LogP contribution in [-0.4, -0.2) is 262 Å². The second kappa shape index (κ2) is 47.5. The van der Waals surface area contributed by atoms with E-state index in [1.165, 1.54) is 41.3 Å². The van der Waals surface area contributed by atoms with Crippen LogP contribution in [0.1, 0.15) is 151 Å². The first-order valence-electron chi connectivity index (χ1n) is 37.2. The SMILES string of the molecule is CO[C@H]1C[C@@H]2CC[C@@H](C)[C@@](O)(O2)C(=O)C(=O)N2CCCC[C@H]2C(=O)O[C@H]([C@H](C)C[C@@H]2CC[C@@H](OC(=O)CSC[C@H](NC(=O)CC[C@H](N)C(=O)O)C(=O)NCC(=O)O)[C@H](OC)C2)CC(=O)[C@H](C)/C=C(\C)[C@@H](OC(=O)CSC[C@H](NC(=O)CC[C@H](N)C(=O)O)C(=O)NCC(=O)O)[C@@H](OC)C(=O)[C@H](C)C[C@H](C)/C=C/C=CC=C1C. The molecule has 3 fully saturated rings. The van der Waals surface area contributed by atoms with Gasteiger partial charge in [-0.05, 0) is 120 Å². The number of Topliss-reactive ketones (excluding diaryl/α,β-unsaturated/α-hetero) is 3. The van der Waals surface area contributed by atoms with Crippen LogP contribution >= 0.6 is 23.5 Å². The number of carboxylic acid groups (broad SMARTS) is 4. The van der Waals surface area contributed by atoms with E-state index in [4.69, 9.17) is 54.8 Å². The fourth-order valence-corrected chi connectivity index (χ4v) is 15.2. The Hall–Kier alpha value is -7.97. The molecule has 0 aromatic rings. The number of nitrogens with two attached hydrogens (primary N) is 2. The first-order valence-corrected chi connectivity index (χ1v) is 39.5. The molecule has 13 N–H and O–H groups in total. The lowest BCUT2D eigenvalue weighted by Gasteiger charge is -2.42. The van der Waals surface area contributed by atoms with Gasteiger partial charge in [-0.2, -0.15) is 0 Å². The Bertz CT molecular complexity index is 3390. The number of carbonyl (C=O) groups is 15. The number of allylic oxidation sites excluding steroid dienone is 6. The van der Waals surface area contributed by atoms with Crippen molar-refractivity contribution >= 4 is 112 Å². The van der Waals surface area contributed by atoms with Gasteiger partial charge in [0.05, 0.1) is 29.8 Å². The number of hydrogen-bond donors (Lipinski definition) is 11. The van der Waals surface area contributed by atoms with E-state index in [9.17, 15) is 77.6 Å². The van der Waals surface area contributed by atoms with Crippen molar-refractivity contribution in [3.05, 3.63) is 47.6 Å². The van der Waals surface area contributed by atoms with Crippen molar-refractivity contribution in [3.8, 4) is 0 Å². The maximum Gasteiger partial charge on any atom is 0.329 e. The summed E-state index contributed by atoms with van der Waals surface area (Å²) in [6.45, 7) is 10.1. The van der Waals surface area contributed by atoms with Crippen molar-refractivity contribution in [3.63, 3.8) is 0 Å². The summed E-state index contributed by atoms with van der Waals surface area (Å²) < 4.78 is 42.2. The summed E-state index contributed by atoms with van der Waals surface area (Å²) in [5.74, 6) is -22.8. The third kappa shape index (κ3) is 31.5. The molecule has 36 heteroatoms. The Labute approximate surface area is 654 Å². The van der Waals surface area contributed by atoms with Crippen LogP contribution in [0.4, 0.5) is 0 Å². The van der Waals surface area contributed by atoms with Crippen LogP contribution in [0.3, 0.4) is 0 Å². The zero-order chi connectivity index (χ0) is 83.0. The van der Waals surface area contributed by atoms with E-state index in [-0.39, 0.29) is 99.0 Å². The molecule has 3 heterocycles. The first-order chi connectivity index (χ1) is 52.3. The number of piperidine rings is 1. The monoisotopic (exact) mass is 1610 g/mol. The van der Waals surface area contributed by atoms with Crippen molar-refractivity contribution in [1.29, 1.82) is 0 Å². The molecule has 1 aliphatic carbocycles. The Morgan fingerprint density at radius 2 is 1.25 bits per heavy atom. The van der Waals surface area contributed by atoms with Gasteiger partial charge in [-0.25, -0.2) is 4.79 Å². The Kier molecular flexibility index (Phi) is 40.8. The summed E-state index contributed by atoms with van der Waals surface area (Å²) in [5.41, 5.74) is 12.0. The molecule has 1 saturated carbocycles. The third-order valence-electron chi connectivity index (χ3n) is 20.1. The quantitative estimate of drug-likeness (QED) is 0.0199. The normalized spacial score (nSPS) is 28.5. The number of carbonyl (C=O) groups excluding carboxylic acids is 11. The Morgan fingerprint density at radius 1 is 0.676 bits per heavy atom. The summed E-state index contributed by atoms with van der Waals surface area (Å²) in [4.78, 5) is 200. The molecule has 4 rings (SSSR count). The van der Waals surface area contributed by atoms with Crippen LogP contribution in [0.2, 0.25) is 0 Å². The van der Waals surface area contributed by atoms with E-state index in [1.807, 2.05) is 26.0 Å². The van der Waals surface area contributed by atoms with Gasteiger partial charge in [0.1, 0.15) is 61.3 Å². The summed E-state index contributed by atoms with van der Waals surface area (Å²) >= 11 is 1.68. The molecular weight excluding hydrogens is 1490 g/mol. The Morgan fingerprint density at radius 3 is 1.79 bits per heavy atom. The highest BCUT2D eigenvalue weighted by atomic mass is 32.2. The fourth-order valence-electron chi connectivity index (χ4n) is 13.6. The largest absolute Gasteiger partial charge is 0.480 e. The van der Waals surface area contributed by atoms with Gasteiger partial charge in [0.15, 0.2) is 18.0 Å². The minimum atomic E-state index is -2.59. The molecule has 4 aliphatic rings. The van der Waals surface area contributed by atoms with Gasteiger partial charge in [-0.1, -0.05) is 71.1 Å². The van der Waals surface area contributed by atoms with Crippen LogP contribution in [0.15, 0.2) is 47.6 Å². The fraction of sp³-hybridized carbons (Fsp3) is 0.693. The third-order valence-corrected chi connectivity index (χ3v) is 22.1. The van der Waals surface area contributed by atoms with Crippen LogP contribution < -0.4 is 32.7 Å². The van der Waals surface area contributed by atoms with E-state index < -0.39 is 223 Å². The number of aliphatic hydroxyl groups is 1. The highest BCUT2D eigenvalue weighted by molar-refractivity contribution is 8.00. The lowest BCUT2D eigenvalue weighted by Crippen LogP contribution is -2.61. The van der Waals surface area contributed by atoms with Gasteiger partial charge < -0.3 is 96.3 Å². The minimum absolute atomic E-state index is 0.0381. The average molecular weight is 1610 g/mol. The number of methoxy groups -OCH3 is 3. The van der Waals surface area contributed by atoms with Crippen LogP contribution in [0.5, 0.6) is 0 Å².